The molecule has 2 heterocycles. The van der Waals surface area contributed by atoms with E-state index in [1.54, 1.807) is 24.4 Å². The van der Waals surface area contributed by atoms with E-state index in [2.05, 4.69) is 33.3 Å². The lowest BCUT2D eigenvalue weighted by atomic mass is 10.1. The predicted octanol–water partition coefficient (Wildman–Crippen LogP) is 5.91. The molecule has 0 radical (unpaired) electrons. The van der Waals surface area contributed by atoms with E-state index in [0.29, 0.717) is 43.6 Å². The fraction of sp³-hybridized carbons (Fsp3) is 0.333. The zero-order chi connectivity index (χ0) is 26.6. The van der Waals surface area contributed by atoms with Crippen molar-refractivity contribution in [1.29, 1.82) is 0 Å². The van der Waals surface area contributed by atoms with E-state index in [0.717, 1.165) is 42.2 Å². The molecule has 1 fully saturated rings. The Morgan fingerprint density at radius 1 is 0.974 bits per heavy atom. The number of rotatable bonds is 15. The third-order valence-electron chi connectivity index (χ3n) is 6.09. The first kappa shape index (κ1) is 27.4. The molecular weight excluding hydrogens is 483 g/mol. The van der Waals surface area contributed by atoms with Crippen LogP contribution < -0.4 is 10.1 Å². The largest absolute Gasteiger partial charge is 0.492 e. The van der Waals surface area contributed by atoms with Gasteiger partial charge in [-0.3, -0.25) is 4.90 Å². The van der Waals surface area contributed by atoms with Gasteiger partial charge in [0, 0.05) is 29.6 Å². The molecule has 1 aliphatic rings. The second-order valence-electron chi connectivity index (χ2n) is 9.07. The standard InChI is InChI=1S/C30H35FN4O3/c1-3-14-36-21-23-17-24(19-26(31)18-23)28-9-10-32-30(34-28)33-27-7-8-29(25(20-27)22-37-15-4-2)38-16-13-35-11-5-6-12-35/h3-4,7-10,17-20H,1-2,5-6,11-16,21-22H2,(H,32,33,34). The minimum absolute atomic E-state index is 0.288. The summed E-state index contributed by atoms with van der Waals surface area (Å²) in [5.41, 5.74) is 3.68. The maximum absolute atomic E-state index is 14.3. The summed E-state index contributed by atoms with van der Waals surface area (Å²) in [5.74, 6) is 0.841. The Morgan fingerprint density at radius 2 is 1.76 bits per heavy atom. The van der Waals surface area contributed by atoms with Gasteiger partial charge in [0.25, 0.3) is 0 Å². The fourth-order valence-electron chi connectivity index (χ4n) is 4.30. The fourth-order valence-corrected chi connectivity index (χ4v) is 4.30. The van der Waals surface area contributed by atoms with Crippen molar-refractivity contribution in [2.75, 3.05) is 44.8 Å². The number of nitrogens with one attached hydrogen (secondary N) is 1. The van der Waals surface area contributed by atoms with Gasteiger partial charge in [0.15, 0.2) is 0 Å². The van der Waals surface area contributed by atoms with Crippen LogP contribution in [-0.4, -0.2) is 54.3 Å². The number of hydrogen-bond donors (Lipinski definition) is 1. The molecule has 1 saturated heterocycles. The number of aromatic nitrogens is 2. The van der Waals surface area contributed by atoms with Gasteiger partial charge in [-0.1, -0.05) is 12.2 Å². The van der Waals surface area contributed by atoms with Crippen LogP contribution in [0, 0.1) is 5.82 Å². The lowest BCUT2D eigenvalue weighted by Gasteiger charge is -2.17. The summed E-state index contributed by atoms with van der Waals surface area (Å²) in [6, 6.07) is 12.4. The normalized spacial score (nSPS) is 13.4. The van der Waals surface area contributed by atoms with Gasteiger partial charge in [-0.05, 0) is 74.0 Å². The molecule has 1 aromatic heterocycles. The van der Waals surface area contributed by atoms with E-state index >= 15 is 0 Å². The molecule has 4 rings (SSSR count). The second-order valence-corrected chi connectivity index (χ2v) is 9.07. The molecule has 0 spiro atoms. The number of likely N-dealkylation sites (tertiary alicyclic amines) is 1. The van der Waals surface area contributed by atoms with E-state index in [9.17, 15) is 4.39 Å². The maximum Gasteiger partial charge on any atom is 0.227 e. The topological polar surface area (TPSA) is 68.7 Å². The van der Waals surface area contributed by atoms with Crippen molar-refractivity contribution in [3.05, 3.63) is 90.9 Å². The van der Waals surface area contributed by atoms with Crippen molar-refractivity contribution >= 4 is 11.6 Å². The molecule has 0 unspecified atom stereocenters. The first-order chi connectivity index (χ1) is 18.6. The van der Waals surface area contributed by atoms with Crippen molar-refractivity contribution in [3.63, 3.8) is 0 Å². The summed E-state index contributed by atoms with van der Waals surface area (Å²) in [6.07, 6.45) is 7.54. The number of anilines is 2. The van der Waals surface area contributed by atoms with Crippen LogP contribution in [0.3, 0.4) is 0 Å². The van der Waals surface area contributed by atoms with Crippen LogP contribution in [0.4, 0.5) is 16.0 Å². The summed E-state index contributed by atoms with van der Waals surface area (Å²) in [5, 5.41) is 3.25. The van der Waals surface area contributed by atoms with E-state index in [-0.39, 0.29) is 12.4 Å². The molecule has 7 nitrogen and oxygen atoms in total. The molecule has 1 aliphatic heterocycles. The Kier molecular flexibility index (Phi) is 10.4. The number of benzene rings is 2. The quantitative estimate of drug-likeness (QED) is 0.198. The summed E-state index contributed by atoms with van der Waals surface area (Å²) in [4.78, 5) is 11.4. The molecule has 0 aliphatic carbocycles. The van der Waals surface area contributed by atoms with E-state index < -0.39 is 0 Å². The van der Waals surface area contributed by atoms with Gasteiger partial charge < -0.3 is 19.5 Å². The molecule has 1 N–H and O–H groups in total. The first-order valence-corrected chi connectivity index (χ1v) is 12.9. The summed E-state index contributed by atoms with van der Waals surface area (Å²) in [6.45, 7) is 12.7. The third kappa shape index (κ3) is 8.21. The third-order valence-corrected chi connectivity index (χ3v) is 6.09. The molecule has 0 bridgehead atoms. The lowest BCUT2D eigenvalue weighted by molar-refractivity contribution is 0.144. The van der Waals surface area contributed by atoms with Crippen LogP contribution in [0.25, 0.3) is 11.3 Å². The zero-order valence-corrected chi connectivity index (χ0v) is 21.7. The van der Waals surface area contributed by atoms with Gasteiger partial charge in [-0.15, -0.1) is 13.2 Å². The minimum atomic E-state index is -0.350. The van der Waals surface area contributed by atoms with Gasteiger partial charge >= 0.3 is 0 Å². The Morgan fingerprint density at radius 3 is 2.55 bits per heavy atom. The highest BCUT2D eigenvalue weighted by atomic mass is 19.1. The number of ether oxygens (including phenoxy) is 3. The average Bonchev–Trinajstić information content (AvgIpc) is 3.44. The Bertz CT molecular complexity index is 1210. The maximum atomic E-state index is 14.3. The van der Waals surface area contributed by atoms with Crippen molar-refractivity contribution in [3.8, 4) is 17.0 Å². The zero-order valence-electron chi connectivity index (χ0n) is 21.7. The van der Waals surface area contributed by atoms with Crippen LogP contribution in [0.15, 0.2) is 74.0 Å². The highest BCUT2D eigenvalue weighted by molar-refractivity contribution is 5.63. The minimum Gasteiger partial charge on any atom is -0.492 e. The van der Waals surface area contributed by atoms with Crippen LogP contribution in [0.2, 0.25) is 0 Å². The van der Waals surface area contributed by atoms with Crippen molar-refractivity contribution in [2.24, 2.45) is 0 Å². The Labute approximate surface area is 224 Å². The molecule has 2 aromatic carbocycles. The predicted molar refractivity (Wildman–Crippen MR) is 148 cm³/mol. The molecule has 0 atom stereocenters. The summed E-state index contributed by atoms with van der Waals surface area (Å²) >= 11 is 0. The van der Waals surface area contributed by atoms with E-state index in [1.165, 1.54) is 25.0 Å². The molecule has 3 aromatic rings. The highest BCUT2D eigenvalue weighted by Gasteiger charge is 2.13. The average molecular weight is 519 g/mol. The molecule has 0 saturated carbocycles. The van der Waals surface area contributed by atoms with Gasteiger partial charge in [-0.25, -0.2) is 14.4 Å². The van der Waals surface area contributed by atoms with E-state index in [1.807, 2.05) is 24.3 Å². The summed E-state index contributed by atoms with van der Waals surface area (Å²) in [7, 11) is 0. The SMILES string of the molecule is C=CCOCc1cc(F)cc(-c2ccnc(Nc3ccc(OCCN4CCCC4)c(COCC=C)c3)n2)c1. The lowest BCUT2D eigenvalue weighted by Crippen LogP contribution is -2.25. The number of hydrogen-bond acceptors (Lipinski definition) is 7. The molecule has 200 valence electrons. The van der Waals surface area contributed by atoms with Crippen molar-refractivity contribution < 1.29 is 18.6 Å². The highest BCUT2D eigenvalue weighted by Crippen LogP contribution is 2.27. The van der Waals surface area contributed by atoms with Crippen LogP contribution in [-0.2, 0) is 22.7 Å². The Balaban J connectivity index is 1.47. The van der Waals surface area contributed by atoms with Gasteiger partial charge in [-0.2, -0.15) is 0 Å². The van der Waals surface area contributed by atoms with Crippen LogP contribution >= 0.6 is 0 Å². The summed E-state index contributed by atoms with van der Waals surface area (Å²) < 4.78 is 31.6. The smallest absolute Gasteiger partial charge is 0.227 e. The van der Waals surface area contributed by atoms with Crippen molar-refractivity contribution in [2.45, 2.75) is 26.1 Å². The van der Waals surface area contributed by atoms with Crippen LogP contribution in [0.5, 0.6) is 5.75 Å². The van der Waals surface area contributed by atoms with E-state index in [4.69, 9.17) is 14.2 Å². The Hall–Kier alpha value is -3.59. The number of nitrogens with zero attached hydrogens (tertiary/aromatic N) is 3. The molecule has 0 amide bonds. The van der Waals surface area contributed by atoms with Crippen molar-refractivity contribution in [1.82, 2.24) is 14.9 Å². The van der Waals surface area contributed by atoms with Gasteiger partial charge in [0.1, 0.15) is 18.2 Å². The molecule has 38 heavy (non-hydrogen) atoms. The monoisotopic (exact) mass is 518 g/mol. The van der Waals surface area contributed by atoms with Gasteiger partial charge in [0.2, 0.25) is 5.95 Å². The van der Waals surface area contributed by atoms with Crippen LogP contribution in [0.1, 0.15) is 24.0 Å². The van der Waals surface area contributed by atoms with Gasteiger partial charge in [0.05, 0.1) is 32.1 Å². The number of halogens is 1. The molecule has 8 heteroatoms. The molecular formula is C30H35FN4O3. The second kappa shape index (κ2) is 14.4. The first-order valence-electron chi connectivity index (χ1n) is 12.9.